The van der Waals surface area contributed by atoms with Crippen LogP contribution in [0.4, 0.5) is 10.5 Å². The Morgan fingerprint density at radius 3 is 2.44 bits per heavy atom. The van der Waals surface area contributed by atoms with E-state index in [0.717, 1.165) is 0 Å². The van der Waals surface area contributed by atoms with E-state index in [9.17, 15) is 19.2 Å². The summed E-state index contributed by atoms with van der Waals surface area (Å²) >= 11 is 0. The molecule has 1 aliphatic rings. The van der Waals surface area contributed by atoms with Crippen LogP contribution in [0.25, 0.3) is 0 Å². The predicted molar refractivity (Wildman–Crippen MR) is 101 cm³/mol. The number of nitrogens with zero attached hydrogens (tertiary/aromatic N) is 2. The number of nitrogens with two attached hydrogens (primary N) is 1. The van der Waals surface area contributed by atoms with Gasteiger partial charge in [0.1, 0.15) is 0 Å². The fourth-order valence-corrected chi connectivity index (χ4v) is 2.58. The largest absolute Gasteiger partial charge is 0.424 e. The first-order valence-corrected chi connectivity index (χ1v) is 8.98. The maximum Gasteiger partial charge on any atom is 0.319 e. The number of para-hydroxylation sites is 2. The fraction of sp³-hybridized carbons (Fsp3) is 0.474. The summed E-state index contributed by atoms with van der Waals surface area (Å²) in [5.41, 5.74) is 5.61. The van der Waals surface area contributed by atoms with E-state index in [1.54, 1.807) is 31.2 Å². The van der Waals surface area contributed by atoms with E-state index >= 15 is 0 Å². The normalized spacial score (nSPS) is 15.9. The maximum absolute atomic E-state index is 12.0. The molecule has 0 aromatic heterocycles. The summed E-state index contributed by atoms with van der Waals surface area (Å²) in [6.07, 6.45) is 0.576. The number of urea groups is 1. The van der Waals surface area contributed by atoms with Crippen LogP contribution in [-0.4, -0.2) is 42.3 Å². The van der Waals surface area contributed by atoms with Crippen LogP contribution >= 0.6 is 0 Å². The topological polar surface area (TPSA) is 110 Å². The molecule has 8 nitrogen and oxygen atoms in total. The highest BCUT2D eigenvalue weighted by atomic mass is 16.5. The number of rotatable bonds is 6. The minimum Gasteiger partial charge on any atom is -0.424 e. The lowest BCUT2D eigenvalue weighted by atomic mass is 10.1. The lowest BCUT2D eigenvalue weighted by Crippen LogP contribution is -2.32. The average Bonchev–Trinajstić information content (AvgIpc) is 2.89. The third-order valence-electron chi connectivity index (χ3n) is 4.01. The first-order chi connectivity index (χ1) is 12.8. The molecule has 1 aromatic carbocycles. The molecule has 2 rings (SSSR count). The first-order valence-electron chi connectivity index (χ1n) is 8.98. The Morgan fingerprint density at radius 2 is 1.89 bits per heavy atom. The second kappa shape index (κ2) is 10.3. The molecule has 0 saturated carbocycles. The van der Waals surface area contributed by atoms with E-state index in [2.05, 4.69) is 0 Å². The summed E-state index contributed by atoms with van der Waals surface area (Å²) in [5.74, 6) is -1.00. The van der Waals surface area contributed by atoms with Crippen LogP contribution in [0.15, 0.2) is 24.3 Å². The van der Waals surface area contributed by atoms with Gasteiger partial charge < -0.3 is 10.5 Å². The third kappa shape index (κ3) is 5.80. The van der Waals surface area contributed by atoms with Gasteiger partial charge in [-0.2, -0.15) is 0 Å². The zero-order valence-electron chi connectivity index (χ0n) is 16.2. The van der Waals surface area contributed by atoms with Crippen LogP contribution in [0.5, 0.6) is 5.75 Å². The quantitative estimate of drug-likeness (QED) is 0.465. The second-order valence-electron chi connectivity index (χ2n) is 5.93. The molecule has 1 aliphatic heterocycles. The summed E-state index contributed by atoms with van der Waals surface area (Å²) < 4.78 is 5.28. The smallest absolute Gasteiger partial charge is 0.319 e. The van der Waals surface area contributed by atoms with Crippen molar-refractivity contribution >= 4 is 29.5 Å². The molecule has 1 heterocycles. The van der Waals surface area contributed by atoms with Crippen LogP contribution in [0.2, 0.25) is 0 Å². The molecule has 1 atom stereocenters. The summed E-state index contributed by atoms with van der Waals surface area (Å²) in [4.78, 5) is 49.1. The number of benzene rings is 1. The summed E-state index contributed by atoms with van der Waals surface area (Å²) in [6.45, 7) is 5.90. The van der Waals surface area contributed by atoms with Crippen LogP contribution < -0.4 is 15.4 Å². The lowest BCUT2D eigenvalue weighted by molar-refractivity contribution is -0.140. The minimum atomic E-state index is -0.677. The van der Waals surface area contributed by atoms with Crippen molar-refractivity contribution in [3.05, 3.63) is 24.3 Å². The SMILES string of the molecule is CC.CC1CC(=O)N(CCCC(=O)Oc2ccccc2N(C)C(N)=O)C1=O. The zero-order chi connectivity index (χ0) is 20.6. The highest BCUT2D eigenvalue weighted by Gasteiger charge is 2.34. The second-order valence-corrected chi connectivity index (χ2v) is 5.93. The van der Waals surface area contributed by atoms with Crippen LogP contribution in [0.3, 0.4) is 0 Å². The zero-order valence-corrected chi connectivity index (χ0v) is 16.2. The molecule has 1 unspecified atom stereocenters. The predicted octanol–water partition coefficient (Wildman–Crippen LogP) is 2.31. The summed E-state index contributed by atoms with van der Waals surface area (Å²) in [5, 5.41) is 0. The molecule has 8 heteroatoms. The van der Waals surface area contributed by atoms with E-state index in [-0.39, 0.29) is 42.9 Å². The van der Waals surface area contributed by atoms with Crippen LogP contribution in [0.1, 0.15) is 40.0 Å². The van der Waals surface area contributed by atoms with E-state index < -0.39 is 12.0 Å². The maximum atomic E-state index is 12.0. The Labute approximate surface area is 159 Å². The number of carbonyl (C=O) groups excluding carboxylic acids is 4. The van der Waals surface area contributed by atoms with Crippen molar-refractivity contribution in [1.29, 1.82) is 0 Å². The van der Waals surface area contributed by atoms with Gasteiger partial charge in [-0.05, 0) is 18.6 Å². The van der Waals surface area contributed by atoms with Gasteiger partial charge in [0, 0.05) is 32.4 Å². The number of carbonyl (C=O) groups is 4. The van der Waals surface area contributed by atoms with Gasteiger partial charge in [-0.1, -0.05) is 32.9 Å². The molecular formula is C19H27N3O5. The number of anilines is 1. The number of primary amides is 1. The van der Waals surface area contributed by atoms with Crippen molar-refractivity contribution in [1.82, 2.24) is 4.90 Å². The van der Waals surface area contributed by atoms with Gasteiger partial charge in [-0.15, -0.1) is 0 Å². The van der Waals surface area contributed by atoms with Crippen molar-refractivity contribution in [3.8, 4) is 5.75 Å². The number of imide groups is 1. The Kier molecular flexibility index (Phi) is 8.44. The molecule has 4 amide bonds. The number of hydrogen-bond donors (Lipinski definition) is 1. The van der Waals surface area contributed by atoms with Crippen molar-refractivity contribution in [2.24, 2.45) is 11.7 Å². The Morgan fingerprint density at radius 1 is 1.26 bits per heavy atom. The average molecular weight is 377 g/mol. The number of likely N-dealkylation sites (tertiary alicyclic amines) is 1. The van der Waals surface area contributed by atoms with Crippen LogP contribution in [-0.2, 0) is 14.4 Å². The van der Waals surface area contributed by atoms with Crippen LogP contribution in [0, 0.1) is 5.92 Å². The minimum absolute atomic E-state index is 0.0417. The number of ether oxygens (including phenoxy) is 1. The Hall–Kier alpha value is -2.90. The number of esters is 1. The molecular weight excluding hydrogens is 350 g/mol. The van der Waals surface area contributed by atoms with Crippen molar-refractivity contribution < 1.29 is 23.9 Å². The van der Waals surface area contributed by atoms with Gasteiger partial charge in [0.15, 0.2) is 5.75 Å². The summed E-state index contributed by atoms with van der Waals surface area (Å²) in [6, 6.07) is 5.85. The first kappa shape index (κ1) is 22.1. The highest BCUT2D eigenvalue weighted by Crippen LogP contribution is 2.27. The fourth-order valence-electron chi connectivity index (χ4n) is 2.58. The van der Waals surface area contributed by atoms with E-state index in [1.807, 2.05) is 13.8 Å². The van der Waals surface area contributed by atoms with E-state index in [0.29, 0.717) is 12.1 Å². The molecule has 1 saturated heterocycles. The van der Waals surface area contributed by atoms with Crippen molar-refractivity contribution in [2.45, 2.75) is 40.0 Å². The van der Waals surface area contributed by atoms with Gasteiger partial charge in [0.05, 0.1) is 5.69 Å². The standard InChI is InChI=1S/C17H21N3O5.C2H6/c1-11-10-14(21)20(16(11)23)9-5-8-15(22)25-13-7-4-3-6-12(13)19(2)17(18)24;1-2/h3-4,6-7,11H,5,8-10H2,1-2H3,(H2,18,24);1-2H3. The molecule has 0 spiro atoms. The van der Waals surface area contributed by atoms with Gasteiger partial charge in [-0.3, -0.25) is 24.2 Å². The monoisotopic (exact) mass is 377 g/mol. The van der Waals surface area contributed by atoms with E-state index in [4.69, 9.17) is 10.5 Å². The van der Waals surface area contributed by atoms with Gasteiger partial charge in [0.25, 0.3) is 0 Å². The van der Waals surface area contributed by atoms with Gasteiger partial charge in [0.2, 0.25) is 11.8 Å². The third-order valence-corrected chi connectivity index (χ3v) is 4.01. The molecule has 0 aliphatic carbocycles. The van der Waals surface area contributed by atoms with Gasteiger partial charge in [-0.25, -0.2) is 4.79 Å². The summed E-state index contributed by atoms with van der Waals surface area (Å²) in [7, 11) is 1.47. The van der Waals surface area contributed by atoms with E-state index in [1.165, 1.54) is 16.8 Å². The highest BCUT2D eigenvalue weighted by molar-refractivity contribution is 6.03. The number of hydrogen-bond acceptors (Lipinski definition) is 5. The lowest BCUT2D eigenvalue weighted by Gasteiger charge is -2.18. The molecule has 2 N–H and O–H groups in total. The molecule has 0 radical (unpaired) electrons. The Balaban J connectivity index is 0.00000176. The Bertz CT molecular complexity index is 704. The van der Waals surface area contributed by atoms with Gasteiger partial charge >= 0.3 is 12.0 Å². The molecule has 1 fully saturated rings. The van der Waals surface area contributed by atoms with Crippen molar-refractivity contribution in [2.75, 3.05) is 18.5 Å². The number of amides is 4. The molecule has 1 aromatic rings. The van der Waals surface area contributed by atoms with Crippen molar-refractivity contribution in [3.63, 3.8) is 0 Å². The molecule has 0 bridgehead atoms. The molecule has 148 valence electrons. The molecule has 27 heavy (non-hydrogen) atoms.